The zero-order valence-corrected chi connectivity index (χ0v) is 11.6. The molecule has 20 heavy (non-hydrogen) atoms. The van der Waals surface area contributed by atoms with Crippen LogP contribution in [0, 0.1) is 0 Å². The summed E-state index contributed by atoms with van der Waals surface area (Å²) < 4.78 is 0. The van der Waals surface area contributed by atoms with Gasteiger partial charge in [-0.3, -0.25) is 4.79 Å². The Bertz CT molecular complexity index is 672. The van der Waals surface area contributed by atoms with Gasteiger partial charge >= 0.3 is 5.97 Å². The topological polar surface area (TPSA) is 37.3 Å². The Hall–Kier alpha value is -2.35. The van der Waals surface area contributed by atoms with Gasteiger partial charge < -0.3 is 5.11 Å². The Kier molecular flexibility index (Phi) is 2.94. The van der Waals surface area contributed by atoms with Crippen molar-refractivity contribution in [2.75, 3.05) is 0 Å². The minimum atomic E-state index is -0.794. The molecule has 0 saturated carbocycles. The average Bonchev–Trinajstić information content (AvgIpc) is 2.43. The first-order chi connectivity index (χ1) is 9.61. The molecule has 0 amide bonds. The van der Waals surface area contributed by atoms with Gasteiger partial charge in [-0.05, 0) is 41.7 Å². The van der Waals surface area contributed by atoms with Gasteiger partial charge in [-0.25, -0.2) is 0 Å². The second-order valence-electron chi connectivity index (χ2n) is 5.32. The van der Waals surface area contributed by atoms with Crippen LogP contribution in [0.15, 0.2) is 54.1 Å². The van der Waals surface area contributed by atoms with E-state index in [2.05, 4.69) is 13.8 Å². The number of carboxylic acids is 1. The molecular formula is C18H16O2. The molecule has 0 heterocycles. The van der Waals surface area contributed by atoms with E-state index in [4.69, 9.17) is 0 Å². The SMILES string of the molecule is CC(C)=C1c2ccccc2C(C(=O)O)c2ccccc21. The molecule has 2 heteroatoms. The smallest absolute Gasteiger partial charge is 0.315 e. The highest BCUT2D eigenvalue weighted by molar-refractivity contribution is 5.94. The molecule has 0 aliphatic heterocycles. The van der Waals surface area contributed by atoms with Gasteiger partial charge in [0.05, 0.1) is 0 Å². The zero-order valence-electron chi connectivity index (χ0n) is 11.6. The lowest BCUT2D eigenvalue weighted by Gasteiger charge is -2.28. The number of benzene rings is 2. The highest BCUT2D eigenvalue weighted by Gasteiger charge is 2.33. The second kappa shape index (κ2) is 4.64. The van der Waals surface area contributed by atoms with Crippen LogP contribution < -0.4 is 0 Å². The Balaban J connectivity index is 2.41. The van der Waals surface area contributed by atoms with Crippen LogP contribution in [-0.2, 0) is 4.79 Å². The average molecular weight is 264 g/mol. The molecule has 3 rings (SSSR count). The van der Waals surface area contributed by atoms with E-state index in [1.54, 1.807) is 0 Å². The minimum Gasteiger partial charge on any atom is -0.481 e. The minimum absolute atomic E-state index is 0.578. The molecule has 2 aromatic carbocycles. The molecule has 0 saturated heterocycles. The second-order valence-corrected chi connectivity index (χ2v) is 5.32. The molecule has 2 nitrogen and oxygen atoms in total. The maximum Gasteiger partial charge on any atom is 0.315 e. The highest BCUT2D eigenvalue weighted by atomic mass is 16.4. The molecule has 0 fully saturated rings. The van der Waals surface area contributed by atoms with Crippen LogP contribution in [0.2, 0.25) is 0 Å². The quantitative estimate of drug-likeness (QED) is 0.843. The maximum absolute atomic E-state index is 11.7. The molecule has 0 aromatic heterocycles. The Labute approximate surface area is 118 Å². The fourth-order valence-electron chi connectivity index (χ4n) is 3.07. The lowest BCUT2D eigenvalue weighted by Crippen LogP contribution is -2.20. The predicted octanol–water partition coefficient (Wildman–Crippen LogP) is 4.06. The Morgan fingerprint density at radius 1 is 0.900 bits per heavy atom. The number of aliphatic carboxylic acids is 1. The number of hydrogen-bond acceptors (Lipinski definition) is 1. The summed E-state index contributed by atoms with van der Waals surface area (Å²) in [6.07, 6.45) is 0. The molecule has 0 spiro atoms. The standard InChI is InChI=1S/C18H16O2/c1-11(2)16-12-7-3-5-9-14(12)17(18(19)20)15-10-6-4-8-13(15)16/h3-10,17H,1-2H3,(H,19,20). The van der Waals surface area contributed by atoms with Gasteiger partial charge in [0.25, 0.3) is 0 Å². The van der Waals surface area contributed by atoms with Crippen molar-refractivity contribution < 1.29 is 9.90 Å². The van der Waals surface area contributed by atoms with Crippen molar-refractivity contribution in [2.24, 2.45) is 0 Å². The lowest BCUT2D eigenvalue weighted by atomic mass is 9.74. The molecule has 0 bridgehead atoms. The molecule has 2 aromatic rings. The molecule has 0 atom stereocenters. The van der Waals surface area contributed by atoms with E-state index in [1.165, 1.54) is 5.57 Å². The van der Waals surface area contributed by atoms with E-state index in [9.17, 15) is 9.90 Å². The number of carbonyl (C=O) groups is 1. The molecule has 0 radical (unpaired) electrons. The van der Waals surface area contributed by atoms with Gasteiger partial charge in [-0.1, -0.05) is 54.1 Å². The van der Waals surface area contributed by atoms with Gasteiger partial charge in [-0.15, -0.1) is 0 Å². The summed E-state index contributed by atoms with van der Waals surface area (Å²) in [4.78, 5) is 11.7. The van der Waals surface area contributed by atoms with Crippen molar-refractivity contribution in [3.8, 4) is 0 Å². The third-order valence-corrected chi connectivity index (χ3v) is 3.83. The predicted molar refractivity (Wildman–Crippen MR) is 79.7 cm³/mol. The van der Waals surface area contributed by atoms with E-state index in [-0.39, 0.29) is 0 Å². The van der Waals surface area contributed by atoms with E-state index in [0.717, 1.165) is 27.8 Å². The van der Waals surface area contributed by atoms with Gasteiger partial charge in [0.2, 0.25) is 0 Å². The van der Waals surface area contributed by atoms with Crippen LogP contribution in [0.3, 0.4) is 0 Å². The lowest BCUT2D eigenvalue weighted by molar-refractivity contribution is -0.137. The summed E-state index contributed by atoms with van der Waals surface area (Å²) in [6.45, 7) is 4.15. The van der Waals surface area contributed by atoms with E-state index < -0.39 is 11.9 Å². The number of fused-ring (bicyclic) bond motifs is 2. The summed E-state index contributed by atoms with van der Waals surface area (Å²) in [7, 11) is 0. The number of hydrogen-bond donors (Lipinski definition) is 1. The monoisotopic (exact) mass is 264 g/mol. The zero-order chi connectivity index (χ0) is 14.3. The van der Waals surface area contributed by atoms with Crippen molar-refractivity contribution in [2.45, 2.75) is 19.8 Å². The first kappa shape index (κ1) is 12.7. The van der Waals surface area contributed by atoms with Crippen molar-refractivity contribution in [3.05, 3.63) is 76.4 Å². The van der Waals surface area contributed by atoms with Crippen molar-refractivity contribution in [1.29, 1.82) is 0 Å². The van der Waals surface area contributed by atoms with Crippen LogP contribution in [-0.4, -0.2) is 11.1 Å². The number of carboxylic acid groups (broad SMARTS) is 1. The fourth-order valence-corrected chi connectivity index (χ4v) is 3.07. The summed E-state index contributed by atoms with van der Waals surface area (Å²) >= 11 is 0. The normalized spacial score (nSPS) is 16.3. The molecule has 100 valence electrons. The first-order valence-electron chi connectivity index (χ1n) is 6.70. The Morgan fingerprint density at radius 3 is 1.75 bits per heavy atom. The van der Waals surface area contributed by atoms with E-state index >= 15 is 0 Å². The van der Waals surface area contributed by atoms with Gasteiger partial charge in [0.15, 0.2) is 0 Å². The van der Waals surface area contributed by atoms with Gasteiger partial charge in [0, 0.05) is 0 Å². The number of allylic oxidation sites excluding steroid dienone is 1. The molecule has 1 N–H and O–H groups in total. The van der Waals surface area contributed by atoms with Crippen molar-refractivity contribution in [3.63, 3.8) is 0 Å². The highest BCUT2D eigenvalue weighted by Crippen LogP contribution is 2.43. The molecule has 1 aliphatic carbocycles. The summed E-state index contributed by atoms with van der Waals surface area (Å²) in [6, 6.07) is 15.6. The van der Waals surface area contributed by atoms with E-state index in [1.807, 2.05) is 48.5 Å². The molecule has 0 unspecified atom stereocenters. The van der Waals surface area contributed by atoms with Gasteiger partial charge in [0.1, 0.15) is 5.92 Å². The van der Waals surface area contributed by atoms with Crippen LogP contribution in [0.5, 0.6) is 0 Å². The summed E-state index contributed by atoms with van der Waals surface area (Å²) in [5.74, 6) is -1.37. The summed E-state index contributed by atoms with van der Waals surface area (Å²) in [5, 5.41) is 9.64. The molecular weight excluding hydrogens is 248 g/mol. The Morgan fingerprint density at radius 2 is 1.35 bits per heavy atom. The van der Waals surface area contributed by atoms with Crippen molar-refractivity contribution in [1.82, 2.24) is 0 Å². The van der Waals surface area contributed by atoms with Crippen LogP contribution >= 0.6 is 0 Å². The van der Waals surface area contributed by atoms with E-state index in [0.29, 0.717) is 0 Å². The van der Waals surface area contributed by atoms with Gasteiger partial charge in [-0.2, -0.15) is 0 Å². The third-order valence-electron chi connectivity index (χ3n) is 3.83. The molecule has 1 aliphatic rings. The fraction of sp³-hybridized carbons (Fsp3) is 0.167. The third kappa shape index (κ3) is 1.76. The maximum atomic E-state index is 11.7. The largest absolute Gasteiger partial charge is 0.481 e. The van der Waals surface area contributed by atoms with Crippen LogP contribution in [0.1, 0.15) is 42.0 Å². The van der Waals surface area contributed by atoms with Crippen LogP contribution in [0.4, 0.5) is 0 Å². The van der Waals surface area contributed by atoms with Crippen LogP contribution in [0.25, 0.3) is 5.57 Å². The number of rotatable bonds is 1. The first-order valence-corrected chi connectivity index (χ1v) is 6.70. The summed E-state index contributed by atoms with van der Waals surface area (Å²) in [5.41, 5.74) is 6.21. The van der Waals surface area contributed by atoms with Crippen molar-refractivity contribution >= 4 is 11.5 Å².